The first-order valence-corrected chi connectivity index (χ1v) is 11.4. The zero-order chi connectivity index (χ0) is 21.3. The molecule has 0 aliphatic rings. The minimum Gasteiger partial charge on any atom is -0.315 e. The number of anilines is 1. The molecule has 0 spiro atoms. The SMILES string of the molecule is Cc1cccc(-n2c(SCC(=O)N(C)c3cccc(Cl)c3)nc3ccsc3c2=O)c1. The smallest absolute Gasteiger partial charge is 0.276 e. The normalized spacial score (nSPS) is 11.0. The summed E-state index contributed by atoms with van der Waals surface area (Å²) in [4.78, 5) is 32.2. The van der Waals surface area contributed by atoms with E-state index in [9.17, 15) is 9.59 Å². The Hall–Kier alpha value is -2.61. The largest absolute Gasteiger partial charge is 0.315 e. The van der Waals surface area contributed by atoms with Crippen LogP contribution in [-0.2, 0) is 4.79 Å². The topological polar surface area (TPSA) is 55.2 Å². The van der Waals surface area contributed by atoms with Crippen molar-refractivity contribution in [3.8, 4) is 5.69 Å². The Morgan fingerprint density at radius 2 is 2.00 bits per heavy atom. The summed E-state index contributed by atoms with van der Waals surface area (Å²) < 4.78 is 2.19. The molecule has 4 aromatic rings. The van der Waals surface area contributed by atoms with Crippen molar-refractivity contribution >= 4 is 56.5 Å². The number of halogens is 1. The molecule has 2 heterocycles. The minimum absolute atomic E-state index is 0.113. The molecule has 152 valence electrons. The van der Waals surface area contributed by atoms with E-state index in [1.807, 2.05) is 48.7 Å². The van der Waals surface area contributed by atoms with Crippen molar-refractivity contribution in [1.29, 1.82) is 0 Å². The average molecular weight is 456 g/mol. The number of amides is 1. The number of rotatable bonds is 5. The van der Waals surface area contributed by atoms with E-state index in [4.69, 9.17) is 11.6 Å². The molecule has 0 bridgehead atoms. The lowest BCUT2D eigenvalue weighted by Crippen LogP contribution is -2.28. The van der Waals surface area contributed by atoms with Crippen LogP contribution < -0.4 is 10.5 Å². The first kappa shape index (κ1) is 20.7. The predicted molar refractivity (Wildman–Crippen MR) is 126 cm³/mol. The van der Waals surface area contributed by atoms with Crippen molar-refractivity contribution in [2.24, 2.45) is 0 Å². The van der Waals surface area contributed by atoms with Gasteiger partial charge in [0, 0.05) is 17.8 Å². The lowest BCUT2D eigenvalue weighted by molar-refractivity contribution is -0.115. The van der Waals surface area contributed by atoms with E-state index >= 15 is 0 Å². The number of aromatic nitrogens is 2. The Morgan fingerprint density at radius 1 is 1.20 bits per heavy atom. The number of hydrogen-bond acceptors (Lipinski definition) is 5. The molecule has 4 rings (SSSR count). The van der Waals surface area contributed by atoms with Crippen LogP contribution in [0.3, 0.4) is 0 Å². The maximum atomic E-state index is 13.2. The standard InChI is InChI=1S/C22H18ClN3O2S2/c1-14-5-3-8-17(11-14)26-21(28)20-18(9-10-29-20)24-22(26)30-13-19(27)25(2)16-7-4-6-15(23)12-16/h3-12H,13H2,1-2H3. The number of carbonyl (C=O) groups is 1. The molecule has 0 aliphatic carbocycles. The molecule has 0 saturated heterocycles. The van der Waals surface area contributed by atoms with Crippen LogP contribution in [0.15, 0.2) is 69.9 Å². The van der Waals surface area contributed by atoms with Gasteiger partial charge in [0.05, 0.1) is 17.0 Å². The van der Waals surface area contributed by atoms with Crippen LogP contribution >= 0.6 is 34.7 Å². The van der Waals surface area contributed by atoms with Gasteiger partial charge in [-0.3, -0.25) is 14.2 Å². The summed E-state index contributed by atoms with van der Waals surface area (Å²) >= 11 is 8.66. The second kappa shape index (κ2) is 8.63. The predicted octanol–water partition coefficient (Wildman–Crippen LogP) is 5.16. The van der Waals surface area contributed by atoms with Gasteiger partial charge in [0.25, 0.3) is 5.56 Å². The lowest BCUT2D eigenvalue weighted by atomic mass is 10.2. The quantitative estimate of drug-likeness (QED) is 0.308. The van der Waals surface area contributed by atoms with Gasteiger partial charge in [-0.2, -0.15) is 0 Å². The highest BCUT2D eigenvalue weighted by atomic mass is 35.5. The zero-order valence-corrected chi connectivity index (χ0v) is 18.7. The van der Waals surface area contributed by atoms with E-state index in [0.717, 1.165) is 11.3 Å². The van der Waals surface area contributed by atoms with E-state index in [2.05, 4.69) is 4.98 Å². The Kier molecular flexibility index (Phi) is 5.94. The second-order valence-electron chi connectivity index (χ2n) is 6.73. The number of benzene rings is 2. The third-order valence-electron chi connectivity index (χ3n) is 4.60. The molecule has 2 aromatic carbocycles. The van der Waals surface area contributed by atoms with Crippen molar-refractivity contribution in [2.45, 2.75) is 12.1 Å². The number of thiophene rings is 1. The summed E-state index contributed by atoms with van der Waals surface area (Å²) in [6, 6.07) is 16.6. The number of nitrogens with zero attached hydrogens (tertiary/aromatic N) is 3. The van der Waals surface area contributed by atoms with Gasteiger partial charge < -0.3 is 4.90 Å². The zero-order valence-electron chi connectivity index (χ0n) is 16.3. The fraction of sp³-hybridized carbons (Fsp3) is 0.136. The van der Waals surface area contributed by atoms with E-state index < -0.39 is 0 Å². The Labute approximate surface area is 186 Å². The fourth-order valence-corrected chi connectivity index (χ4v) is 4.91. The molecule has 0 radical (unpaired) electrons. The van der Waals surface area contributed by atoms with Gasteiger partial charge in [0.1, 0.15) is 4.70 Å². The van der Waals surface area contributed by atoms with Crippen LogP contribution in [0.4, 0.5) is 5.69 Å². The third-order valence-corrected chi connectivity index (χ3v) is 6.65. The highest BCUT2D eigenvalue weighted by Crippen LogP contribution is 2.25. The summed E-state index contributed by atoms with van der Waals surface area (Å²) in [7, 11) is 1.71. The molecular weight excluding hydrogens is 438 g/mol. The van der Waals surface area contributed by atoms with E-state index in [1.54, 1.807) is 34.7 Å². The molecule has 0 fully saturated rings. The average Bonchev–Trinajstić information content (AvgIpc) is 3.20. The molecule has 8 heteroatoms. The van der Waals surface area contributed by atoms with Crippen LogP contribution in [0.25, 0.3) is 15.9 Å². The molecule has 0 atom stereocenters. The Morgan fingerprint density at radius 3 is 2.77 bits per heavy atom. The number of fused-ring (bicyclic) bond motifs is 1. The molecule has 30 heavy (non-hydrogen) atoms. The van der Waals surface area contributed by atoms with Crippen molar-refractivity contribution in [1.82, 2.24) is 9.55 Å². The second-order valence-corrected chi connectivity index (χ2v) is 9.03. The summed E-state index contributed by atoms with van der Waals surface area (Å²) in [6.45, 7) is 1.97. The van der Waals surface area contributed by atoms with Crippen molar-refractivity contribution in [2.75, 3.05) is 17.7 Å². The summed E-state index contributed by atoms with van der Waals surface area (Å²) in [6.07, 6.45) is 0. The third kappa shape index (κ3) is 4.14. The molecule has 0 aliphatic heterocycles. The number of hydrogen-bond donors (Lipinski definition) is 0. The fourth-order valence-electron chi connectivity index (χ4n) is 3.04. The Balaban J connectivity index is 1.67. The van der Waals surface area contributed by atoms with E-state index in [-0.39, 0.29) is 17.2 Å². The minimum atomic E-state index is -0.126. The molecule has 5 nitrogen and oxygen atoms in total. The number of aryl methyl sites for hydroxylation is 1. The van der Waals surface area contributed by atoms with Crippen molar-refractivity contribution in [3.63, 3.8) is 0 Å². The number of carbonyl (C=O) groups excluding carboxylic acids is 1. The first-order valence-electron chi connectivity index (χ1n) is 9.16. The Bertz CT molecular complexity index is 1300. The van der Waals surface area contributed by atoms with Gasteiger partial charge in [-0.15, -0.1) is 11.3 Å². The molecular formula is C22H18ClN3O2S2. The van der Waals surface area contributed by atoms with Gasteiger partial charge in [-0.25, -0.2) is 4.98 Å². The maximum absolute atomic E-state index is 13.2. The van der Waals surface area contributed by atoms with Gasteiger partial charge in [-0.05, 0) is 54.3 Å². The van der Waals surface area contributed by atoms with Gasteiger partial charge in [-0.1, -0.05) is 41.6 Å². The summed E-state index contributed by atoms with van der Waals surface area (Å²) in [5.41, 5.74) is 3.01. The highest BCUT2D eigenvalue weighted by molar-refractivity contribution is 7.99. The van der Waals surface area contributed by atoms with Gasteiger partial charge in [0.2, 0.25) is 5.91 Å². The van der Waals surface area contributed by atoms with Crippen molar-refractivity contribution in [3.05, 3.63) is 80.9 Å². The van der Waals surface area contributed by atoms with E-state index in [0.29, 0.717) is 26.1 Å². The van der Waals surface area contributed by atoms with Crippen LogP contribution in [0.1, 0.15) is 5.56 Å². The molecule has 0 unspecified atom stereocenters. The van der Waals surface area contributed by atoms with Crippen LogP contribution in [0, 0.1) is 6.92 Å². The first-order chi connectivity index (χ1) is 14.4. The molecule has 0 saturated carbocycles. The molecule has 0 N–H and O–H groups in total. The van der Waals surface area contributed by atoms with Crippen LogP contribution in [-0.4, -0.2) is 28.3 Å². The van der Waals surface area contributed by atoms with Crippen LogP contribution in [0.5, 0.6) is 0 Å². The highest BCUT2D eigenvalue weighted by Gasteiger charge is 2.18. The summed E-state index contributed by atoms with van der Waals surface area (Å²) in [5.74, 6) is 0.0226. The monoisotopic (exact) mass is 455 g/mol. The summed E-state index contributed by atoms with van der Waals surface area (Å²) in [5, 5.41) is 2.91. The molecule has 2 aromatic heterocycles. The number of thioether (sulfide) groups is 1. The van der Waals surface area contributed by atoms with Crippen molar-refractivity contribution < 1.29 is 4.79 Å². The lowest BCUT2D eigenvalue weighted by Gasteiger charge is -2.18. The molecule has 1 amide bonds. The van der Waals surface area contributed by atoms with Gasteiger partial charge >= 0.3 is 0 Å². The van der Waals surface area contributed by atoms with E-state index in [1.165, 1.54) is 23.1 Å². The van der Waals surface area contributed by atoms with Gasteiger partial charge in [0.15, 0.2) is 5.16 Å². The maximum Gasteiger partial charge on any atom is 0.276 e. The van der Waals surface area contributed by atoms with Crippen LogP contribution in [0.2, 0.25) is 5.02 Å².